The molecule has 1 fully saturated rings. The summed E-state index contributed by atoms with van der Waals surface area (Å²) in [5, 5.41) is 0. The van der Waals surface area contributed by atoms with Gasteiger partial charge in [-0.3, -0.25) is 0 Å². The lowest BCUT2D eigenvalue weighted by Gasteiger charge is -2.38. The molecule has 1 saturated carbocycles. The van der Waals surface area contributed by atoms with E-state index in [0.717, 1.165) is 5.92 Å². The van der Waals surface area contributed by atoms with E-state index in [1.165, 1.54) is 19.3 Å². The van der Waals surface area contributed by atoms with Crippen LogP contribution < -0.4 is 0 Å². The molecular weight excluding hydrogens is 148 g/mol. The van der Waals surface area contributed by atoms with Gasteiger partial charge in [0.1, 0.15) is 0 Å². The smallest absolute Gasteiger partial charge is 0.0985 e. The Labute approximate surface area is 75.8 Å². The van der Waals surface area contributed by atoms with Crippen molar-refractivity contribution in [3.63, 3.8) is 0 Å². The summed E-state index contributed by atoms with van der Waals surface area (Å²) in [7, 11) is 0. The van der Waals surface area contributed by atoms with E-state index in [0.29, 0.717) is 11.5 Å². The minimum Gasteiger partial charge on any atom is -0.499 e. The molecule has 0 aromatic carbocycles. The first-order valence-corrected chi connectivity index (χ1v) is 4.80. The van der Waals surface area contributed by atoms with E-state index in [9.17, 15) is 0 Å². The second-order valence-corrected chi connectivity index (χ2v) is 4.84. The maximum atomic E-state index is 5.45. The number of hydrogen-bond acceptors (Lipinski definition) is 1. The fourth-order valence-electron chi connectivity index (χ4n) is 2.50. The Morgan fingerprint density at radius 2 is 2.08 bits per heavy atom. The van der Waals surface area contributed by atoms with Crippen LogP contribution in [0.25, 0.3) is 0 Å². The molecule has 0 aromatic rings. The summed E-state index contributed by atoms with van der Waals surface area (Å²) in [6.45, 7) is 10.6. The Morgan fingerprint density at radius 3 is 2.58 bits per heavy atom. The molecule has 70 valence electrons. The highest BCUT2D eigenvalue weighted by Crippen LogP contribution is 2.39. The molecule has 0 saturated heterocycles. The van der Waals surface area contributed by atoms with Crippen LogP contribution in [0.2, 0.25) is 0 Å². The first-order chi connectivity index (χ1) is 5.53. The fraction of sp³-hybridized carbons (Fsp3) is 0.818. The van der Waals surface area contributed by atoms with Crippen molar-refractivity contribution in [2.75, 3.05) is 0 Å². The first kappa shape index (κ1) is 9.63. The van der Waals surface area contributed by atoms with E-state index in [-0.39, 0.29) is 0 Å². The van der Waals surface area contributed by atoms with Crippen LogP contribution >= 0.6 is 0 Å². The standard InChI is InChI=1S/C11H20O/c1-5-12-10-6-9(2)7-11(3,4)8-10/h5,9-10H,1,6-8H2,2-4H3. The molecule has 1 aliphatic carbocycles. The van der Waals surface area contributed by atoms with Gasteiger partial charge in [-0.05, 0) is 30.6 Å². The molecule has 1 aliphatic rings. The third-order valence-electron chi connectivity index (χ3n) is 2.64. The lowest BCUT2D eigenvalue weighted by molar-refractivity contribution is 0.0276. The molecule has 0 radical (unpaired) electrons. The zero-order valence-electron chi connectivity index (χ0n) is 8.47. The topological polar surface area (TPSA) is 9.23 Å². The van der Waals surface area contributed by atoms with E-state index >= 15 is 0 Å². The van der Waals surface area contributed by atoms with Gasteiger partial charge in [-0.1, -0.05) is 27.4 Å². The molecule has 1 nitrogen and oxygen atoms in total. The second kappa shape index (κ2) is 3.51. The van der Waals surface area contributed by atoms with Crippen molar-refractivity contribution in [1.29, 1.82) is 0 Å². The predicted molar refractivity (Wildman–Crippen MR) is 51.9 cm³/mol. The zero-order chi connectivity index (χ0) is 9.19. The third kappa shape index (κ3) is 2.54. The average molecular weight is 168 g/mol. The average Bonchev–Trinajstić information content (AvgIpc) is 1.82. The van der Waals surface area contributed by atoms with Gasteiger partial charge in [-0.25, -0.2) is 0 Å². The molecule has 0 aromatic heterocycles. The van der Waals surface area contributed by atoms with E-state index in [2.05, 4.69) is 27.4 Å². The largest absolute Gasteiger partial charge is 0.499 e. The van der Waals surface area contributed by atoms with E-state index < -0.39 is 0 Å². The van der Waals surface area contributed by atoms with Crippen LogP contribution in [0.1, 0.15) is 40.0 Å². The number of rotatable bonds is 2. The Kier molecular flexibility index (Phi) is 2.81. The molecule has 0 bridgehead atoms. The van der Waals surface area contributed by atoms with Crippen LogP contribution in [0.3, 0.4) is 0 Å². The lowest BCUT2D eigenvalue weighted by Crippen LogP contribution is -2.31. The summed E-state index contributed by atoms with van der Waals surface area (Å²) < 4.78 is 5.45. The Bertz CT molecular complexity index is 160. The molecule has 0 amide bonds. The van der Waals surface area contributed by atoms with Crippen LogP contribution in [0, 0.1) is 11.3 Å². The summed E-state index contributed by atoms with van der Waals surface area (Å²) >= 11 is 0. The van der Waals surface area contributed by atoms with Gasteiger partial charge in [-0.15, -0.1) is 0 Å². The van der Waals surface area contributed by atoms with E-state index in [1.807, 2.05) is 0 Å². The van der Waals surface area contributed by atoms with Crippen molar-refractivity contribution < 1.29 is 4.74 Å². The van der Waals surface area contributed by atoms with Crippen LogP contribution in [-0.4, -0.2) is 6.10 Å². The number of ether oxygens (including phenoxy) is 1. The predicted octanol–water partition coefficient (Wildman–Crippen LogP) is 3.36. The third-order valence-corrected chi connectivity index (χ3v) is 2.64. The Balaban J connectivity index is 2.51. The molecule has 0 spiro atoms. The quantitative estimate of drug-likeness (QED) is 0.574. The highest BCUT2D eigenvalue weighted by molar-refractivity contribution is 4.84. The summed E-state index contributed by atoms with van der Waals surface area (Å²) in [4.78, 5) is 0. The van der Waals surface area contributed by atoms with E-state index in [1.54, 1.807) is 6.26 Å². The summed E-state index contributed by atoms with van der Waals surface area (Å²) in [5.41, 5.74) is 0.450. The monoisotopic (exact) mass is 168 g/mol. The molecule has 0 N–H and O–H groups in total. The van der Waals surface area contributed by atoms with Crippen molar-refractivity contribution in [2.24, 2.45) is 11.3 Å². The van der Waals surface area contributed by atoms with Gasteiger partial charge in [0.05, 0.1) is 12.4 Å². The van der Waals surface area contributed by atoms with Gasteiger partial charge in [-0.2, -0.15) is 0 Å². The van der Waals surface area contributed by atoms with Gasteiger partial charge >= 0.3 is 0 Å². The second-order valence-electron chi connectivity index (χ2n) is 4.84. The van der Waals surface area contributed by atoms with Crippen molar-refractivity contribution in [2.45, 2.75) is 46.1 Å². The Morgan fingerprint density at radius 1 is 1.42 bits per heavy atom. The molecule has 2 unspecified atom stereocenters. The van der Waals surface area contributed by atoms with Crippen molar-refractivity contribution >= 4 is 0 Å². The van der Waals surface area contributed by atoms with E-state index in [4.69, 9.17) is 4.74 Å². The molecular formula is C11H20O. The molecule has 1 heteroatoms. The van der Waals surface area contributed by atoms with Crippen molar-refractivity contribution in [1.82, 2.24) is 0 Å². The lowest BCUT2D eigenvalue weighted by atomic mass is 9.71. The van der Waals surface area contributed by atoms with Crippen molar-refractivity contribution in [3.05, 3.63) is 12.8 Å². The maximum absolute atomic E-state index is 5.45. The summed E-state index contributed by atoms with van der Waals surface area (Å²) in [6, 6.07) is 0. The van der Waals surface area contributed by atoms with Crippen LogP contribution in [0.15, 0.2) is 12.8 Å². The highest BCUT2D eigenvalue weighted by Gasteiger charge is 2.32. The Hall–Kier alpha value is -0.460. The fourth-order valence-corrected chi connectivity index (χ4v) is 2.50. The SMILES string of the molecule is C=COC1CC(C)CC(C)(C)C1. The molecule has 0 heterocycles. The maximum Gasteiger partial charge on any atom is 0.0985 e. The van der Waals surface area contributed by atoms with Crippen LogP contribution in [-0.2, 0) is 4.74 Å². The summed E-state index contributed by atoms with van der Waals surface area (Å²) in [6.07, 6.45) is 5.67. The summed E-state index contributed by atoms with van der Waals surface area (Å²) in [5.74, 6) is 0.790. The van der Waals surface area contributed by atoms with Crippen LogP contribution in [0.4, 0.5) is 0 Å². The minimum atomic E-state index is 0.404. The van der Waals surface area contributed by atoms with Crippen LogP contribution in [0.5, 0.6) is 0 Å². The normalized spacial score (nSPS) is 34.2. The molecule has 2 atom stereocenters. The van der Waals surface area contributed by atoms with Gasteiger partial charge < -0.3 is 4.74 Å². The van der Waals surface area contributed by atoms with Gasteiger partial charge in [0.2, 0.25) is 0 Å². The minimum absolute atomic E-state index is 0.404. The van der Waals surface area contributed by atoms with Crippen molar-refractivity contribution in [3.8, 4) is 0 Å². The number of hydrogen-bond donors (Lipinski definition) is 0. The van der Waals surface area contributed by atoms with Gasteiger partial charge in [0, 0.05) is 0 Å². The van der Waals surface area contributed by atoms with Gasteiger partial charge in [0.15, 0.2) is 0 Å². The van der Waals surface area contributed by atoms with Gasteiger partial charge in [0.25, 0.3) is 0 Å². The zero-order valence-corrected chi connectivity index (χ0v) is 8.47. The molecule has 12 heavy (non-hydrogen) atoms. The first-order valence-electron chi connectivity index (χ1n) is 4.80. The molecule has 1 rings (SSSR count). The molecule has 0 aliphatic heterocycles. The highest BCUT2D eigenvalue weighted by atomic mass is 16.5.